The molecular weight excluding hydrogens is 479 g/mol. The molecule has 1 aliphatic carbocycles. The molecule has 36 heavy (non-hydrogen) atoms. The fraction of sp³-hybridized carbons (Fsp3) is 0.692. The molecule has 2 rings (SSSR count). The predicted molar refractivity (Wildman–Crippen MR) is 128 cm³/mol. The lowest BCUT2D eigenvalue weighted by Crippen LogP contribution is -2.37. The maximum absolute atomic E-state index is 12.5. The van der Waals surface area contributed by atoms with Crippen LogP contribution in [-0.4, -0.2) is 67.3 Å². The van der Waals surface area contributed by atoms with Gasteiger partial charge in [-0.3, -0.25) is 0 Å². The molecule has 1 amide bonds. The van der Waals surface area contributed by atoms with Gasteiger partial charge in [0.25, 0.3) is 0 Å². The molecule has 0 saturated heterocycles. The number of unbranched alkanes of at least 4 members (excludes halogenated alkanes) is 1. The average Bonchev–Trinajstić information content (AvgIpc) is 2.84. The van der Waals surface area contributed by atoms with Crippen LogP contribution in [0.5, 0.6) is 5.75 Å². The molecule has 1 aliphatic rings. The quantitative estimate of drug-likeness (QED) is 0.294. The minimum Gasteiger partial charge on any atom is -0.492 e. The highest BCUT2D eigenvalue weighted by molar-refractivity contribution is 5.72. The number of alkyl halides is 3. The Bertz CT molecular complexity index is 781. The SMILES string of the molecule is CCOC(Cc1ccc(OCCN(CCCCC2CCCCC2)C(=O)OCC(F)(F)F)cc1)C(=O)O. The number of hydrogen-bond acceptors (Lipinski definition) is 5. The summed E-state index contributed by atoms with van der Waals surface area (Å²) in [5.41, 5.74) is 0.763. The molecule has 0 aliphatic heterocycles. The number of amides is 1. The molecule has 1 saturated carbocycles. The lowest BCUT2D eigenvalue weighted by atomic mass is 9.86. The minimum atomic E-state index is -4.58. The summed E-state index contributed by atoms with van der Waals surface area (Å²) in [6, 6.07) is 6.81. The first-order valence-electron chi connectivity index (χ1n) is 12.7. The molecule has 10 heteroatoms. The average molecular weight is 518 g/mol. The Morgan fingerprint density at radius 1 is 1.08 bits per heavy atom. The Morgan fingerprint density at radius 2 is 1.78 bits per heavy atom. The summed E-state index contributed by atoms with van der Waals surface area (Å²) < 4.78 is 52.9. The van der Waals surface area contributed by atoms with Gasteiger partial charge in [0.1, 0.15) is 12.4 Å². The van der Waals surface area contributed by atoms with E-state index < -0.39 is 30.9 Å². The van der Waals surface area contributed by atoms with Gasteiger partial charge >= 0.3 is 18.2 Å². The predicted octanol–water partition coefficient (Wildman–Crippen LogP) is 5.85. The molecule has 0 aromatic heterocycles. The molecular formula is C26H38F3NO6. The molecule has 1 unspecified atom stereocenters. The zero-order chi connectivity index (χ0) is 26.4. The third-order valence-electron chi connectivity index (χ3n) is 6.25. The number of aliphatic carboxylic acids is 1. The molecule has 1 fully saturated rings. The van der Waals surface area contributed by atoms with E-state index in [1.807, 2.05) is 0 Å². The lowest BCUT2D eigenvalue weighted by Gasteiger charge is -2.24. The maximum Gasteiger partial charge on any atom is 0.422 e. The van der Waals surface area contributed by atoms with E-state index in [-0.39, 0.29) is 19.6 Å². The standard InChI is InChI=1S/C26H38F3NO6/c1-2-34-23(24(31)32)18-21-11-13-22(14-12-21)35-17-16-30(25(33)36-19-26(27,28)29)15-7-6-10-20-8-4-3-5-9-20/h11-14,20,23H,2-10,15-19H2,1H3,(H,31,32). The van der Waals surface area contributed by atoms with E-state index in [9.17, 15) is 27.9 Å². The summed E-state index contributed by atoms with van der Waals surface area (Å²) in [7, 11) is 0. The number of halogens is 3. The van der Waals surface area contributed by atoms with Crippen molar-refractivity contribution in [1.82, 2.24) is 4.90 Å². The molecule has 1 atom stereocenters. The van der Waals surface area contributed by atoms with E-state index in [1.54, 1.807) is 31.2 Å². The summed E-state index contributed by atoms with van der Waals surface area (Å²) in [5, 5.41) is 9.21. The van der Waals surface area contributed by atoms with Crippen molar-refractivity contribution in [3.63, 3.8) is 0 Å². The fourth-order valence-corrected chi connectivity index (χ4v) is 4.37. The van der Waals surface area contributed by atoms with Crippen LogP contribution in [0.15, 0.2) is 24.3 Å². The number of rotatable bonds is 15. The van der Waals surface area contributed by atoms with Crippen molar-refractivity contribution in [3.05, 3.63) is 29.8 Å². The van der Waals surface area contributed by atoms with Crippen LogP contribution in [0.25, 0.3) is 0 Å². The van der Waals surface area contributed by atoms with Gasteiger partial charge in [0.15, 0.2) is 12.7 Å². The summed E-state index contributed by atoms with van der Waals surface area (Å²) in [4.78, 5) is 24.8. The highest BCUT2D eigenvalue weighted by atomic mass is 19.4. The third kappa shape index (κ3) is 12.0. The molecule has 0 radical (unpaired) electrons. The topological polar surface area (TPSA) is 85.3 Å². The van der Waals surface area contributed by atoms with E-state index in [2.05, 4.69) is 4.74 Å². The van der Waals surface area contributed by atoms with Crippen LogP contribution in [0.2, 0.25) is 0 Å². The van der Waals surface area contributed by atoms with Crippen molar-refractivity contribution < 1.29 is 42.1 Å². The number of carboxylic acids is 1. The van der Waals surface area contributed by atoms with Gasteiger partial charge in [0, 0.05) is 19.6 Å². The van der Waals surface area contributed by atoms with Crippen molar-refractivity contribution in [2.45, 2.75) is 77.0 Å². The number of ether oxygens (including phenoxy) is 3. The summed E-state index contributed by atoms with van der Waals surface area (Å²) in [6.45, 7) is 0.880. The number of nitrogens with zero attached hydrogens (tertiary/aromatic N) is 1. The van der Waals surface area contributed by atoms with Crippen molar-refractivity contribution >= 4 is 12.1 Å². The largest absolute Gasteiger partial charge is 0.492 e. The monoisotopic (exact) mass is 517 g/mol. The number of carbonyl (C=O) groups is 2. The van der Waals surface area contributed by atoms with Crippen molar-refractivity contribution in [2.24, 2.45) is 5.92 Å². The number of hydrogen-bond donors (Lipinski definition) is 1. The minimum absolute atomic E-state index is 0.0831. The number of benzene rings is 1. The summed E-state index contributed by atoms with van der Waals surface area (Å²) in [5.74, 6) is 0.173. The van der Waals surface area contributed by atoms with Crippen LogP contribution in [-0.2, 0) is 20.7 Å². The van der Waals surface area contributed by atoms with Crippen molar-refractivity contribution in [3.8, 4) is 5.75 Å². The van der Waals surface area contributed by atoms with E-state index in [4.69, 9.17) is 9.47 Å². The van der Waals surface area contributed by atoms with Gasteiger partial charge in [0.2, 0.25) is 0 Å². The maximum atomic E-state index is 12.5. The lowest BCUT2D eigenvalue weighted by molar-refractivity contribution is -0.162. The highest BCUT2D eigenvalue weighted by Gasteiger charge is 2.30. The van der Waals surface area contributed by atoms with Gasteiger partial charge in [0.05, 0.1) is 6.54 Å². The van der Waals surface area contributed by atoms with E-state index in [0.717, 1.165) is 18.4 Å². The molecule has 0 bridgehead atoms. The van der Waals surface area contributed by atoms with Crippen LogP contribution in [0.1, 0.15) is 63.9 Å². The zero-order valence-corrected chi connectivity index (χ0v) is 20.9. The van der Waals surface area contributed by atoms with E-state index in [1.165, 1.54) is 37.0 Å². The zero-order valence-electron chi connectivity index (χ0n) is 20.9. The molecule has 1 aromatic rings. The first kappa shape index (κ1) is 29.7. The van der Waals surface area contributed by atoms with Gasteiger partial charge in [-0.05, 0) is 37.0 Å². The number of carboxylic acid groups (broad SMARTS) is 1. The number of carbonyl (C=O) groups excluding carboxylic acids is 1. The van der Waals surface area contributed by atoms with E-state index in [0.29, 0.717) is 31.2 Å². The second-order valence-electron chi connectivity index (χ2n) is 9.14. The fourth-order valence-electron chi connectivity index (χ4n) is 4.37. The Kier molecular flexibility index (Phi) is 12.9. The normalized spacial score (nSPS) is 15.3. The smallest absolute Gasteiger partial charge is 0.422 e. The summed E-state index contributed by atoms with van der Waals surface area (Å²) >= 11 is 0. The molecule has 204 valence electrons. The Morgan fingerprint density at radius 3 is 2.39 bits per heavy atom. The Labute approximate surface area is 210 Å². The van der Waals surface area contributed by atoms with Crippen LogP contribution in [0, 0.1) is 5.92 Å². The van der Waals surface area contributed by atoms with Gasteiger partial charge in [-0.15, -0.1) is 0 Å². The van der Waals surface area contributed by atoms with Gasteiger partial charge in [-0.2, -0.15) is 13.2 Å². The second-order valence-corrected chi connectivity index (χ2v) is 9.14. The third-order valence-corrected chi connectivity index (χ3v) is 6.25. The van der Waals surface area contributed by atoms with E-state index >= 15 is 0 Å². The molecule has 1 aromatic carbocycles. The second kappa shape index (κ2) is 15.6. The molecule has 0 spiro atoms. The first-order chi connectivity index (χ1) is 17.2. The Balaban J connectivity index is 1.82. The van der Waals surface area contributed by atoms with Crippen LogP contribution in [0.4, 0.5) is 18.0 Å². The molecule has 7 nitrogen and oxygen atoms in total. The van der Waals surface area contributed by atoms with Crippen molar-refractivity contribution in [1.29, 1.82) is 0 Å². The summed E-state index contributed by atoms with van der Waals surface area (Å²) in [6.07, 6.45) is 2.62. The van der Waals surface area contributed by atoms with Gasteiger partial charge in [-0.25, -0.2) is 9.59 Å². The van der Waals surface area contributed by atoms with Crippen LogP contribution >= 0.6 is 0 Å². The molecule has 0 heterocycles. The highest BCUT2D eigenvalue weighted by Crippen LogP contribution is 2.27. The molecule has 1 N–H and O–H groups in total. The van der Waals surface area contributed by atoms with Crippen LogP contribution < -0.4 is 4.74 Å². The van der Waals surface area contributed by atoms with Gasteiger partial charge < -0.3 is 24.2 Å². The van der Waals surface area contributed by atoms with Crippen molar-refractivity contribution in [2.75, 3.05) is 32.9 Å². The Hall–Kier alpha value is -2.49. The van der Waals surface area contributed by atoms with Crippen LogP contribution in [0.3, 0.4) is 0 Å². The first-order valence-corrected chi connectivity index (χ1v) is 12.7. The van der Waals surface area contributed by atoms with Gasteiger partial charge in [-0.1, -0.05) is 57.1 Å².